The molecule has 5 nitrogen and oxygen atoms in total. The smallest absolute Gasteiger partial charge is 0.260 e. The first-order valence-electron chi connectivity index (χ1n) is 8.87. The van der Waals surface area contributed by atoms with Crippen LogP contribution in [0.5, 0.6) is 5.75 Å². The Balaban J connectivity index is 1.32. The molecule has 2 aromatic carbocycles. The fraction of sp³-hybridized carbons (Fsp3) is 0.300. The molecule has 140 valence electrons. The van der Waals surface area contributed by atoms with E-state index in [1.807, 2.05) is 36.1 Å². The topological polar surface area (TPSA) is 45.7 Å². The summed E-state index contributed by atoms with van der Waals surface area (Å²) >= 11 is 1.48. The molecule has 0 aliphatic carbocycles. The lowest BCUT2D eigenvalue weighted by atomic mass is 10.2. The minimum atomic E-state index is -0.248. The minimum Gasteiger partial charge on any atom is -0.484 e. The van der Waals surface area contributed by atoms with Crippen LogP contribution in [0.1, 0.15) is 5.56 Å². The molecule has 2 heterocycles. The number of hydrogen-bond acceptors (Lipinski definition) is 5. The maximum atomic E-state index is 13.4. The monoisotopic (exact) mass is 385 g/mol. The van der Waals surface area contributed by atoms with Gasteiger partial charge in [-0.3, -0.25) is 4.79 Å². The first-order valence-corrected chi connectivity index (χ1v) is 9.68. The van der Waals surface area contributed by atoms with E-state index in [1.54, 1.807) is 6.07 Å². The Morgan fingerprint density at radius 2 is 1.89 bits per heavy atom. The number of thiazole rings is 1. The van der Waals surface area contributed by atoms with Gasteiger partial charge in [-0.1, -0.05) is 29.0 Å². The molecule has 3 aromatic rings. The van der Waals surface area contributed by atoms with E-state index >= 15 is 0 Å². The highest BCUT2D eigenvalue weighted by molar-refractivity contribution is 7.22. The number of piperazine rings is 1. The highest BCUT2D eigenvalue weighted by atomic mass is 32.1. The standard InChI is InChI=1S/C20H20FN3O2S/c1-14-2-5-16(6-3-14)26-13-19(25)23-8-10-24(11-9-23)20-22-17-7-4-15(21)12-18(17)27-20/h2-7,12H,8-11,13H2,1H3. The molecule has 1 aliphatic heterocycles. The number of ether oxygens (including phenoxy) is 1. The Morgan fingerprint density at radius 1 is 1.15 bits per heavy atom. The van der Waals surface area contributed by atoms with Gasteiger partial charge in [0.15, 0.2) is 11.7 Å². The molecule has 27 heavy (non-hydrogen) atoms. The van der Waals surface area contributed by atoms with Gasteiger partial charge in [0.1, 0.15) is 11.6 Å². The van der Waals surface area contributed by atoms with Gasteiger partial charge < -0.3 is 14.5 Å². The zero-order valence-corrected chi connectivity index (χ0v) is 15.8. The van der Waals surface area contributed by atoms with Crippen LogP contribution in [0.2, 0.25) is 0 Å². The molecule has 4 rings (SSSR count). The molecule has 7 heteroatoms. The summed E-state index contributed by atoms with van der Waals surface area (Å²) in [5, 5.41) is 0.874. The quantitative estimate of drug-likeness (QED) is 0.690. The average Bonchev–Trinajstić information content (AvgIpc) is 3.10. The predicted octanol–water partition coefficient (Wildman–Crippen LogP) is 3.47. The number of halogens is 1. The maximum Gasteiger partial charge on any atom is 0.260 e. The van der Waals surface area contributed by atoms with Crippen LogP contribution in [0.15, 0.2) is 42.5 Å². The van der Waals surface area contributed by atoms with Crippen LogP contribution >= 0.6 is 11.3 Å². The summed E-state index contributed by atoms with van der Waals surface area (Å²) in [5.74, 6) is 0.442. The van der Waals surface area contributed by atoms with Gasteiger partial charge in [-0.25, -0.2) is 9.37 Å². The van der Waals surface area contributed by atoms with Crippen molar-refractivity contribution in [2.75, 3.05) is 37.7 Å². The second-order valence-electron chi connectivity index (χ2n) is 6.58. The summed E-state index contributed by atoms with van der Waals surface area (Å²) in [4.78, 5) is 20.9. The van der Waals surface area contributed by atoms with Crippen LogP contribution in [0.25, 0.3) is 10.2 Å². The third kappa shape index (κ3) is 4.03. The van der Waals surface area contributed by atoms with Gasteiger partial charge in [-0.05, 0) is 37.3 Å². The lowest BCUT2D eigenvalue weighted by Gasteiger charge is -2.34. The Hall–Kier alpha value is -2.67. The van der Waals surface area contributed by atoms with Crippen LogP contribution in [-0.2, 0) is 4.79 Å². The largest absolute Gasteiger partial charge is 0.484 e. The molecule has 0 bridgehead atoms. The van der Waals surface area contributed by atoms with Crippen LogP contribution < -0.4 is 9.64 Å². The second kappa shape index (κ2) is 7.52. The summed E-state index contributed by atoms with van der Waals surface area (Å²) in [6.07, 6.45) is 0. The molecular weight excluding hydrogens is 365 g/mol. The van der Waals surface area contributed by atoms with Crippen molar-refractivity contribution in [2.24, 2.45) is 0 Å². The van der Waals surface area contributed by atoms with E-state index in [-0.39, 0.29) is 18.3 Å². The Kier molecular flexibility index (Phi) is 4.94. The van der Waals surface area contributed by atoms with Crippen molar-refractivity contribution in [3.63, 3.8) is 0 Å². The Morgan fingerprint density at radius 3 is 2.63 bits per heavy atom. The maximum absolute atomic E-state index is 13.4. The first kappa shape index (κ1) is 17.7. The molecule has 1 aromatic heterocycles. The second-order valence-corrected chi connectivity index (χ2v) is 7.59. The fourth-order valence-corrected chi connectivity index (χ4v) is 4.08. The lowest BCUT2D eigenvalue weighted by Crippen LogP contribution is -2.50. The van der Waals surface area contributed by atoms with Gasteiger partial charge in [0.25, 0.3) is 5.91 Å². The van der Waals surface area contributed by atoms with Crippen LogP contribution in [0.4, 0.5) is 9.52 Å². The number of fused-ring (bicyclic) bond motifs is 1. The van der Waals surface area contributed by atoms with Gasteiger partial charge in [0.05, 0.1) is 10.2 Å². The summed E-state index contributed by atoms with van der Waals surface area (Å²) in [7, 11) is 0. The van der Waals surface area contributed by atoms with Crippen molar-refractivity contribution >= 4 is 32.6 Å². The molecule has 0 radical (unpaired) electrons. The number of aryl methyl sites for hydroxylation is 1. The third-order valence-electron chi connectivity index (χ3n) is 4.63. The number of carbonyl (C=O) groups is 1. The number of rotatable bonds is 4. The van der Waals surface area contributed by atoms with Gasteiger partial charge in [0.2, 0.25) is 0 Å². The molecule has 0 unspecified atom stereocenters. The van der Waals surface area contributed by atoms with Crippen molar-refractivity contribution in [3.8, 4) is 5.75 Å². The van der Waals surface area contributed by atoms with E-state index in [2.05, 4.69) is 9.88 Å². The molecule has 1 aliphatic rings. The first-order chi connectivity index (χ1) is 13.1. The Labute approximate surface area is 161 Å². The van der Waals surface area contributed by atoms with E-state index in [0.29, 0.717) is 31.9 Å². The Bertz CT molecular complexity index is 950. The van der Waals surface area contributed by atoms with E-state index in [1.165, 1.54) is 23.5 Å². The van der Waals surface area contributed by atoms with E-state index in [4.69, 9.17) is 4.74 Å². The van der Waals surface area contributed by atoms with Gasteiger partial charge in [-0.2, -0.15) is 0 Å². The van der Waals surface area contributed by atoms with Crippen molar-refractivity contribution in [3.05, 3.63) is 53.8 Å². The van der Waals surface area contributed by atoms with Crippen LogP contribution in [0.3, 0.4) is 0 Å². The average molecular weight is 385 g/mol. The number of aromatic nitrogens is 1. The number of anilines is 1. The number of hydrogen-bond donors (Lipinski definition) is 0. The molecule has 0 saturated carbocycles. The summed E-state index contributed by atoms with van der Waals surface area (Å²) in [5.41, 5.74) is 1.96. The lowest BCUT2D eigenvalue weighted by molar-refractivity contribution is -0.133. The molecule has 1 fully saturated rings. The number of carbonyl (C=O) groups excluding carboxylic acids is 1. The van der Waals surface area contributed by atoms with Crippen LogP contribution in [0, 0.1) is 12.7 Å². The van der Waals surface area contributed by atoms with Gasteiger partial charge in [-0.15, -0.1) is 0 Å². The summed E-state index contributed by atoms with van der Waals surface area (Å²) in [6, 6.07) is 12.3. The summed E-state index contributed by atoms with van der Waals surface area (Å²) in [6.45, 7) is 4.72. The molecule has 1 amide bonds. The molecule has 0 spiro atoms. The zero-order valence-electron chi connectivity index (χ0n) is 15.0. The van der Waals surface area contributed by atoms with Crippen molar-refractivity contribution in [1.82, 2.24) is 9.88 Å². The van der Waals surface area contributed by atoms with E-state index in [9.17, 15) is 9.18 Å². The highest BCUT2D eigenvalue weighted by Crippen LogP contribution is 2.29. The zero-order chi connectivity index (χ0) is 18.8. The van der Waals surface area contributed by atoms with Crippen molar-refractivity contribution in [1.29, 1.82) is 0 Å². The number of amides is 1. The molecule has 0 N–H and O–H groups in total. The summed E-state index contributed by atoms with van der Waals surface area (Å²) < 4.78 is 19.8. The third-order valence-corrected chi connectivity index (χ3v) is 5.70. The normalized spacial score (nSPS) is 14.6. The SMILES string of the molecule is Cc1ccc(OCC(=O)N2CCN(c3nc4ccc(F)cc4s3)CC2)cc1. The van der Waals surface area contributed by atoms with Crippen LogP contribution in [-0.4, -0.2) is 48.6 Å². The predicted molar refractivity (Wildman–Crippen MR) is 105 cm³/mol. The van der Waals surface area contributed by atoms with Crippen molar-refractivity contribution in [2.45, 2.75) is 6.92 Å². The molecular formula is C20H20FN3O2S. The minimum absolute atomic E-state index is 0.0124. The molecule has 1 saturated heterocycles. The highest BCUT2D eigenvalue weighted by Gasteiger charge is 2.23. The number of benzene rings is 2. The molecule has 0 atom stereocenters. The van der Waals surface area contributed by atoms with E-state index < -0.39 is 0 Å². The van der Waals surface area contributed by atoms with Gasteiger partial charge >= 0.3 is 0 Å². The van der Waals surface area contributed by atoms with E-state index in [0.717, 1.165) is 20.9 Å². The number of nitrogens with zero attached hydrogens (tertiary/aromatic N) is 3. The van der Waals surface area contributed by atoms with Gasteiger partial charge in [0, 0.05) is 26.2 Å². The fourth-order valence-electron chi connectivity index (χ4n) is 3.04. The van der Waals surface area contributed by atoms with Crippen molar-refractivity contribution < 1.29 is 13.9 Å².